The van der Waals surface area contributed by atoms with E-state index in [2.05, 4.69) is 24.7 Å². The molecular weight excluding hydrogens is 218 g/mol. The second kappa shape index (κ2) is 7.80. The molecule has 0 aliphatic carbocycles. The molecule has 0 fully saturated rings. The zero-order valence-corrected chi connectivity index (χ0v) is 10.4. The summed E-state index contributed by atoms with van der Waals surface area (Å²) in [6.07, 6.45) is 7.06. The maximum atomic E-state index is 4.08. The monoisotopic (exact) mass is 235 g/mol. The van der Waals surface area contributed by atoms with Gasteiger partial charge in [-0.2, -0.15) is 0 Å². The van der Waals surface area contributed by atoms with Crippen molar-refractivity contribution in [3.05, 3.63) is 85.2 Å². The first-order valence-electron chi connectivity index (χ1n) is 5.69. The molecule has 1 nitrogen and oxygen atoms in total. The summed E-state index contributed by atoms with van der Waals surface area (Å²) in [5.74, 6) is 0. The van der Waals surface area contributed by atoms with Crippen LogP contribution in [0.2, 0.25) is 0 Å². The van der Waals surface area contributed by atoms with Crippen LogP contribution in [0.1, 0.15) is 16.8 Å². The van der Waals surface area contributed by atoms with Crippen LogP contribution >= 0.6 is 0 Å². The van der Waals surface area contributed by atoms with Crippen LogP contribution < -0.4 is 0 Å². The Morgan fingerprint density at radius 1 is 0.778 bits per heavy atom. The molecule has 0 aliphatic rings. The van der Waals surface area contributed by atoms with Crippen molar-refractivity contribution in [2.24, 2.45) is 0 Å². The Bertz CT molecular complexity index is 485. The number of hydrogen-bond donors (Lipinski definition) is 0. The lowest BCUT2D eigenvalue weighted by atomic mass is 10.2. The van der Waals surface area contributed by atoms with Gasteiger partial charge in [0.25, 0.3) is 0 Å². The molecule has 90 valence electrons. The van der Waals surface area contributed by atoms with Crippen molar-refractivity contribution >= 4 is 18.2 Å². The highest BCUT2D eigenvalue weighted by Gasteiger charge is 1.91. The van der Waals surface area contributed by atoms with E-state index in [1.807, 2.05) is 48.5 Å². The molecule has 0 N–H and O–H groups in total. The first kappa shape index (κ1) is 13.7. The number of hydrogen-bond acceptors (Lipinski definition) is 1. The Kier molecular flexibility index (Phi) is 5.91. The summed E-state index contributed by atoms with van der Waals surface area (Å²) in [5, 5.41) is 0. The molecule has 1 heterocycles. The van der Waals surface area contributed by atoms with Gasteiger partial charge in [0.15, 0.2) is 0 Å². The van der Waals surface area contributed by atoms with Crippen LogP contribution in [0.5, 0.6) is 0 Å². The minimum absolute atomic E-state index is 0.887. The van der Waals surface area contributed by atoms with E-state index in [0.29, 0.717) is 0 Å². The van der Waals surface area contributed by atoms with Crippen molar-refractivity contribution in [1.82, 2.24) is 4.98 Å². The molecule has 1 aromatic heterocycles. The van der Waals surface area contributed by atoms with Gasteiger partial charge in [-0.1, -0.05) is 68.3 Å². The summed E-state index contributed by atoms with van der Waals surface area (Å²) in [5.41, 5.74) is 3.09. The molecule has 0 bridgehead atoms. The quantitative estimate of drug-likeness (QED) is 0.751. The van der Waals surface area contributed by atoms with Crippen molar-refractivity contribution < 1.29 is 0 Å². The van der Waals surface area contributed by atoms with Crippen molar-refractivity contribution in [1.29, 1.82) is 0 Å². The minimum atomic E-state index is 0.887. The fraction of sp³-hybridized carbons (Fsp3) is 0. The summed E-state index contributed by atoms with van der Waals surface area (Å²) in [6.45, 7) is 10.9. The third-order valence-electron chi connectivity index (χ3n) is 2.32. The Labute approximate surface area is 109 Å². The van der Waals surface area contributed by atoms with E-state index in [4.69, 9.17) is 0 Å². The van der Waals surface area contributed by atoms with Crippen molar-refractivity contribution in [3.8, 4) is 0 Å². The summed E-state index contributed by atoms with van der Waals surface area (Å²) >= 11 is 0. The minimum Gasteiger partial charge on any atom is -0.256 e. The van der Waals surface area contributed by atoms with E-state index in [1.165, 1.54) is 5.56 Å². The van der Waals surface area contributed by atoms with Gasteiger partial charge in [-0.15, -0.1) is 0 Å². The smallest absolute Gasteiger partial charge is 0.0695 e. The van der Waals surface area contributed by atoms with Gasteiger partial charge in [-0.3, -0.25) is 4.98 Å². The second-order valence-electron chi connectivity index (χ2n) is 3.50. The zero-order chi connectivity index (χ0) is 13.2. The number of pyridine rings is 1. The highest BCUT2D eigenvalue weighted by molar-refractivity contribution is 5.59. The van der Waals surface area contributed by atoms with Crippen LogP contribution in [0, 0.1) is 0 Å². The van der Waals surface area contributed by atoms with Gasteiger partial charge in [-0.05, 0) is 23.3 Å². The van der Waals surface area contributed by atoms with E-state index in [-0.39, 0.29) is 0 Å². The largest absolute Gasteiger partial charge is 0.256 e. The topological polar surface area (TPSA) is 12.9 Å². The fourth-order valence-corrected chi connectivity index (χ4v) is 1.36. The average molecular weight is 235 g/mol. The van der Waals surface area contributed by atoms with Crippen LogP contribution in [-0.4, -0.2) is 4.98 Å². The van der Waals surface area contributed by atoms with E-state index in [0.717, 1.165) is 11.3 Å². The highest BCUT2D eigenvalue weighted by Crippen LogP contribution is 2.06. The lowest BCUT2D eigenvalue weighted by molar-refractivity contribution is 1.28. The molecule has 2 aromatic rings. The predicted molar refractivity (Wildman–Crippen MR) is 81.0 cm³/mol. The van der Waals surface area contributed by atoms with E-state index >= 15 is 0 Å². The summed E-state index contributed by atoms with van der Waals surface area (Å²) < 4.78 is 0. The maximum Gasteiger partial charge on any atom is 0.0695 e. The lowest BCUT2D eigenvalue weighted by Crippen LogP contribution is -1.82. The number of aromatic nitrogens is 1. The number of nitrogens with zero attached hydrogens (tertiary/aromatic N) is 1. The van der Waals surface area contributed by atoms with Crippen LogP contribution in [0.25, 0.3) is 18.2 Å². The van der Waals surface area contributed by atoms with E-state index in [9.17, 15) is 0 Å². The van der Waals surface area contributed by atoms with Crippen LogP contribution in [0.4, 0.5) is 0 Å². The molecule has 0 amide bonds. The molecule has 0 spiro atoms. The molecule has 2 rings (SSSR count). The second-order valence-corrected chi connectivity index (χ2v) is 3.50. The first-order chi connectivity index (χ1) is 8.81. The van der Waals surface area contributed by atoms with Crippen LogP contribution in [-0.2, 0) is 0 Å². The molecule has 1 heteroatoms. The van der Waals surface area contributed by atoms with Crippen LogP contribution in [0.15, 0.2) is 68.4 Å². The number of benzene rings is 1. The van der Waals surface area contributed by atoms with Crippen molar-refractivity contribution in [3.63, 3.8) is 0 Å². The third-order valence-corrected chi connectivity index (χ3v) is 2.32. The molecule has 1 aromatic carbocycles. The van der Waals surface area contributed by atoms with Crippen LogP contribution in [0.3, 0.4) is 0 Å². The molecule has 0 saturated carbocycles. The number of rotatable bonds is 3. The molecular formula is C17H17N. The SMILES string of the molecule is C=Cc1ccccc1.C=Cc1cccnc1C=C. The highest BCUT2D eigenvalue weighted by atomic mass is 14.7. The Morgan fingerprint density at radius 3 is 1.94 bits per heavy atom. The summed E-state index contributed by atoms with van der Waals surface area (Å²) in [4.78, 5) is 4.08. The Balaban J connectivity index is 0.000000184. The van der Waals surface area contributed by atoms with Gasteiger partial charge >= 0.3 is 0 Å². The van der Waals surface area contributed by atoms with Crippen molar-refractivity contribution in [2.45, 2.75) is 0 Å². The van der Waals surface area contributed by atoms with Gasteiger partial charge in [-0.25, -0.2) is 0 Å². The molecule has 18 heavy (non-hydrogen) atoms. The third kappa shape index (κ3) is 4.22. The summed E-state index contributed by atoms with van der Waals surface area (Å²) in [6, 6.07) is 13.9. The van der Waals surface area contributed by atoms with Crippen molar-refractivity contribution in [2.75, 3.05) is 0 Å². The first-order valence-corrected chi connectivity index (χ1v) is 5.69. The van der Waals surface area contributed by atoms with Gasteiger partial charge in [0, 0.05) is 6.20 Å². The normalized spacial score (nSPS) is 8.67. The summed E-state index contributed by atoms with van der Waals surface area (Å²) in [7, 11) is 0. The van der Waals surface area contributed by atoms with E-state index in [1.54, 1.807) is 18.3 Å². The van der Waals surface area contributed by atoms with E-state index < -0.39 is 0 Å². The van der Waals surface area contributed by atoms with Gasteiger partial charge in [0.1, 0.15) is 0 Å². The standard InChI is InChI=1S/C9H9N.C8H8/c1-3-8-6-5-7-10-9(8)4-2;1-2-8-6-4-3-5-7-8/h3-7H,1-2H2;2-7H,1H2. The Morgan fingerprint density at radius 2 is 1.50 bits per heavy atom. The molecule has 0 unspecified atom stereocenters. The van der Waals surface area contributed by atoms with Gasteiger partial charge in [0.2, 0.25) is 0 Å². The average Bonchev–Trinajstić information content (AvgIpc) is 2.48. The molecule has 0 aliphatic heterocycles. The van der Waals surface area contributed by atoms with Gasteiger partial charge in [0.05, 0.1) is 5.69 Å². The Hall–Kier alpha value is -2.41. The molecule has 0 radical (unpaired) electrons. The zero-order valence-electron chi connectivity index (χ0n) is 10.4. The molecule has 0 atom stereocenters. The predicted octanol–water partition coefficient (Wildman–Crippen LogP) is 4.70. The molecule has 0 saturated heterocycles. The lowest BCUT2D eigenvalue weighted by Gasteiger charge is -1.95. The maximum absolute atomic E-state index is 4.08. The fourth-order valence-electron chi connectivity index (χ4n) is 1.36. The van der Waals surface area contributed by atoms with Gasteiger partial charge < -0.3 is 0 Å².